The Morgan fingerprint density at radius 2 is 1.68 bits per heavy atom. The maximum Gasteiger partial charge on any atom is 0.255 e. The number of piperazine rings is 1. The minimum atomic E-state index is -2.95. The highest BCUT2D eigenvalue weighted by atomic mass is 32.2. The van der Waals surface area contributed by atoms with E-state index in [1.165, 1.54) is 17.9 Å². The molecule has 306 valence electrons. The van der Waals surface area contributed by atoms with Gasteiger partial charge in [-0.05, 0) is 91.8 Å². The number of fused-ring (bicyclic) bond motifs is 1. The summed E-state index contributed by atoms with van der Waals surface area (Å²) < 4.78 is 58.8. The van der Waals surface area contributed by atoms with E-state index in [0.29, 0.717) is 58.5 Å². The zero-order valence-electron chi connectivity index (χ0n) is 32.9. The molecule has 4 heterocycles. The second-order valence-corrected chi connectivity index (χ2v) is 17.5. The largest absolute Gasteiger partial charge is 0.495 e. The Balaban J connectivity index is 0.968. The monoisotopic (exact) mass is 820 g/mol. The molecule has 2 N–H and O–H groups in total. The van der Waals surface area contributed by atoms with E-state index in [-0.39, 0.29) is 17.0 Å². The maximum atomic E-state index is 14.3. The lowest BCUT2D eigenvalue weighted by molar-refractivity contribution is 0.0790. The van der Waals surface area contributed by atoms with Crippen LogP contribution in [-0.4, -0.2) is 101 Å². The summed E-state index contributed by atoms with van der Waals surface area (Å²) in [5.74, 6) is -0.474. The Kier molecular flexibility index (Phi) is 11.7. The number of methoxy groups -OCH3 is 1. The van der Waals surface area contributed by atoms with E-state index < -0.39 is 27.4 Å². The summed E-state index contributed by atoms with van der Waals surface area (Å²) in [5, 5.41) is 5.89. The number of nitrogens with zero attached hydrogens (tertiary/aromatic N) is 6. The number of pyridine rings is 1. The standard InChI is InChI=1S/C44H46F2N8O4S/c1-58-39-27-30(29-9-13-34(14-10-29)53-22-20-52(21-23-53)24-25-59(2,56)57)11-15-37(39)49-44-47-18-17-38(50-44)42-41(51-40-8-3-4-19-54(40)42)31-6-5-7-32(26-31)43(55)48-36-16-12-33(45)28-35(36)46/h3-8,11-12,15-19,26-29,34H,9-10,13-14,20-25H2,1-2H3,(H,48,55)(H,47,49,50). The summed E-state index contributed by atoms with van der Waals surface area (Å²) in [6.45, 7) is 4.38. The van der Waals surface area contributed by atoms with Gasteiger partial charge in [0.05, 0.1) is 41.3 Å². The number of anilines is 3. The first-order valence-electron chi connectivity index (χ1n) is 19.8. The van der Waals surface area contributed by atoms with Crippen molar-refractivity contribution >= 4 is 38.7 Å². The molecule has 6 aromatic rings. The first-order chi connectivity index (χ1) is 28.5. The number of ether oxygens (including phenoxy) is 1. The van der Waals surface area contributed by atoms with Gasteiger partial charge in [0.2, 0.25) is 5.95 Å². The highest BCUT2D eigenvalue weighted by Crippen LogP contribution is 2.39. The van der Waals surface area contributed by atoms with Crippen LogP contribution in [0.5, 0.6) is 5.75 Å². The molecular formula is C44H46F2N8O4S. The van der Waals surface area contributed by atoms with Crippen LogP contribution < -0.4 is 15.4 Å². The third kappa shape index (κ3) is 9.27. The SMILES string of the molecule is COc1cc(C2CCC(N3CCN(CCS(C)(=O)=O)CC3)CC2)ccc1Nc1nccc(-c2c(-c3cccc(C(=O)Nc4ccc(F)cc4F)c3)nc3ccccn23)n1. The van der Waals surface area contributed by atoms with Crippen molar-refractivity contribution in [3.63, 3.8) is 0 Å². The number of amides is 1. The van der Waals surface area contributed by atoms with Gasteiger partial charge < -0.3 is 15.4 Å². The average Bonchev–Trinajstić information content (AvgIpc) is 3.64. The van der Waals surface area contributed by atoms with Crippen LogP contribution in [0.1, 0.15) is 47.5 Å². The highest BCUT2D eigenvalue weighted by Gasteiger charge is 2.30. The second-order valence-electron chi connectivity index (χ2n) is 15.3. The number of carbonyl (C=O) groups is 1. The Morgan fingerprint density at radius 1 is 0.881 bits per heavy atom. The van der Waals surface area contributed by atoms with Crippen molar-refractivity contribution in [3.05, 3.63) is 120 Å². The van der Waals surface area contributed by atoms with Crippen LogP contribution in [-0.2, 0) is 9.84 Å². The minimum Gasteiger partial charge on any atom is -0.495 e. The molecule has 1 amide bonds. The van der Waals surface area contributed by atoms with E-state index in [1.54, 1.807) is 37.6 Å². The van der Waals surface area contributed by atoms with Crippen molar-refractivity contribution in [2.75, 3.05) is 62.5 Å². The molecule has 59 heavy (non-hydrogen) atoms. The lowest BCUT2D eigenvalue weighted by Crippen LogP contribution is -2.51. The molecule has 12 nitrogen and oxygen atoms in total. The number of sulfone groups is 1. The molecule has 1 aliphatic carbocycles. The highest BCUT2D eigenvalue weighted by molar-refractivity contribution is 7.90. The van der Waals surface area contributed by atoms with Gasteiger partial charge in [-0.25, -0.2) is 32.2 Å². The van der Waals surface area contributed by atoms with Gasteiger partial charge in [-0.15, -0.1) is 0 Å². The van der Waals surface area contributed by atoms with Crippen molar-refractivity contribution in [1.82, 2.24) is 29.2 Å². The molecule has 8 rings (SSSR count). The van der Waals surface area contributed by atoms with Gasteiger partial charge in [-0.1, -0.05) is 24.3 Å². The summed E-state index contributed by atoms with van der Waals surface area (Å²) in [4.78, 5) is 32.4. The zero-order chi connectivity index (χ0) is 41.1. The van der Waals surface area contributed by atoms with Gasteiger partial charge in [0.25, 0.3) is 5.91 Å². The first kappa shape index (κ1) is 40.0. The number of halogens is 2. The molecule has 0 unspecified atom stereocenters. The third-order valence-corrected chi connectivity index (χ3v) is 12.3. The number of rotatable bonds is 12. The second kappa shape index (κ2) is 17.2. The third-order valence-electron chi connectivity index (χ3n) is 11.3. The van der Waals surface area contributed by atoms with Crippen molar-refractivity contribution in [1.29, 1.82) is 0 Å². The molecule has 1 saturated carbocycles. The van der Waals surface area contributed by atoms with Crippen molar-refractivity contribution in [2.24, 2.45) is 0 Å². The van der Waals surface area contributed by atoms with Crippen LogP contribution in [0.4, 0.5) is 26.1 Å². The predicted molar refractivity (Wildman–Crippen MR) is 225 cm³/mol. The van der Waals surface area contributed by atoms with Crippen LogP contribution in [0, 0.1) is 11.6 Å². The molecule has 1 aliphatic heterocycles. The number of carbonyl (C=O) groups excluding carboxylic acids is 1. The summed E-state index contributed by atoms with van der Waals surface area (Å²) in [5.41, 5.74) is 5.25. The van der Waals surface area contributed by atoms with Crippen molar-refractivity contribution < 1.29 is 26.7 Å². The van der Waals surface area contributed by atoms with Crippen molar-refractivity contribution in [2.45, 2.75) is 37.6 Å². The fraction of sp³-hybridized carbons (Fsp3) is 0.318. The van der Waals surface area contributed by atoms with E-state index in [4.69, 9.17) is 14.7 Å². The normalized spacial score (nSPS) is 17.8. The molecule has 15 heteroatoms. The number of hydrogen-bond acceptors (Lipinski definition) is 10. The van der Waals surface area contributed by atoms with Gasteiger partial charge in [-0.3, -0.25) is 19.0 Å². The topological polar surface area (TPSA) is 134 Å². The molecule has 1 saturated heterocycles. The number of benzene rings is 3. The Hall–Kier alpha value is -5.77. The molecule has 0 bridgehead atoms. The van der Waals surface area contributed by atoms with Gasteiger partial charge in [0.15, 0.2) is 0 Å². The van der Waals surface area contributed by atoms with Crippen LogP contribution in [0.15, 0.2) is 97.3 Å². The van der Waals surface area contributed by atoms with E-state index in [9.17, 15) is 22.0 Å². The Morgan fingerprint density at radius 3 is 2.44 bits per heavy atom. The average molecular weight is 821 g/mol. The zero-order valence-corrected chi connectivity index (χ0v) is 33.8. The van der Waals surface area contributed by atoms with Gasteiger partial charge in [-0.2, -0.15) is 0 Å². The summed E-state index contributed by atoms with van der Waals surface area (Å²) in [6, 6.07) is 24.1. The molecule has 3 aromatic carbocycles. The molecule has 2 fully saturated rings. The lowest BCUT2D eigenvalue weighted by atomic mass is 9.81. The minimum absolute atomic E-state index is 0.126. The fourth-order valence-electron chi connectivity index (χ4n) is 8.19. The van der Waals surface area contributed by atoms with Gasteiger partial charge in [0.1, 0.15) is 32.9 Å². The van der Waals surface area contributed by atoms with Gasteiger partial charge >= 0.3 is 0 Å². The molecule has 2 aliphatic rings. The van der Waals surface area contributed by atoms with Crippen molar-refractivity contribution in [3.8, 4) is 28.4 Å². The van der Waals surface area contributed by atoms with E-state index >= 15 is 0 Å². The summed E-state index contributed by atoms with van der Waals surface area (Å²) >= 11 is 0. The molecule has 3 aromatic heterocycles. The quantitative estimate of drug-likeness (QED) is 0.128. The summed E-state index contributed by atoms with van der Waals surface area (Å²) in [7, 11) is -1.30. The maximum absolute atomic E-state index is 14.3. The van der Waals surface area contributed by atoms with Crippen LogP contribution in [0.25, 0.3) is 28.3 Å². The molecule has 0 spiro atoms. The first-order valence-corrected chi connectivity index (χ1v) is 21.8. The van der Waals surface area contributed by atoms with Gasteiger partial charge in [0, 0.05) is 74.6 Å². The number of aromatic nitrogens is 4. The summed E-state index contributed by atoms with van der Waals surface area (Å²) in [6.07, 6.45) is 9.28. The van der Waals surface area contributed by atoms with E-state index in [1.807, 2.05) is 40.9 Å². The fourth-order valence-corrected chi connectivity index (χ4v) is 8.78. The van der Waals surface area contributed by atoms with Crippen LogP contribution in [0.3, 0.4) is 0 Å². The number of nitrogens with one attached hydrogen (secondary N) is 2. The smallest absolute Gasteiger partial charge is 0.255 e. The lowest BCUT2D eigenvalue weighted by Gasteiger charge is -2.42. The molecular weight excluding hydrogens is 775 g/mol. The Bertz CT molecular complexity index is 2590. The van der Waals surface area contributed by atoms with Crippen LogP contribution >= 0.6 is 0 Å². The predicted octanol–water partition coefficient (Wildman–Crippen LogP) is 7.43. The Labute approximate surface area is 342 Å². The van der Waals surface area contributed by atoms with E-state index in [0.717, 1.165) is 69.7 Å². The molecule has 0 radical (unpaired) electrons. The molecule has 0 atom stereocenters. The van der Waals surface area contributed by atoms with E-state index in [2.05, 4.69) is 37.6 Å². The van der Waals surface area contributed by atoms with Crippen LogP contribution in [0.2, 0.25) is 0 Å². The number of hydrogen-bond donors (Lipinski definition) is 2. The number of imidazole rings is 1.